The van der Waals surface area contributed by atoms with E-state index in [1.807, 2.05) is 6.07 Å². The minimum Gasteiger partial charge on any atom is -0.374 e. The molecule has 2 bridgehead atoms. The van der Waals surface area contributed by atoms with Crippen LogP contribution in [0.4, 0.5) is 14.5 Å². The molecule has 3 N–H and O–H groups in total. The highest BCUT2D eigenvalue weighted by Crippen LogP contribution is 2.49. The third kappa shape index (κ3) is 6.13. The molecule has 210 valence electrons. The first-order valence-corrected chi connectivity index (χ1v) is 14.2. The van der Waals surface area contributed by atoms with Crippen LogP contribution in [0.15, 0.2) is 24.3 Å². The predicted molar refractivity (Wildman–Crippen MR) is 141 cm³/mol. The summed E-state index contributed by atoms with van der Waals surface area (Å²) in [6.07, 6.45) is 4.01. The van der Waals surface area contributed by atoms with Gasteiger partial charge in [0.05, 0.1) is 12.0 Å². The number of hydrogen-bond acceptors (Lipinski definition) is 5. The van der Waals surface area contributed by atoms with Gasteiger partial charge in [0.1, 0.15) is 18.1 Å². The molecular formula is C28H34ClF2N5O3. The van der Waals surface area contributed by atoms with E-state index in [2.05, 4.69) is 16.0 Å². The number of nitrogens with zero attached hydrogens (tertiary/aromatic N) is 2. The minimum atomic E-state index is -3.10. The number of rotatable bonds is 9. The molecule has 0 aromatic heterocycles. The lowest BCUT2D eigenvalue weighted by Crippen LogP contribution is -2.70. The zero-order valence-corrected chi connectivity index (χ0v) is 22.4. The van der Waals surface area contributed by atoms with Crippen LogP contribution in [0.25, 0.3) is 0 Å². The summed E-state index contributed by atoms with van der Waals surface area (Å²) in [5.74, 6) is -5.83. The van der Waals surface area contributed by atoms with Crippen molar-refractivity contribution < 1.29 is 23.2 Å². The van der Waals surface area contributed by atoms with Gasteiger partial charge in [0.25, 0.3) is 5.92 Å². The molecule has 6 rings (SSSR count). The summed E-state index contributed by atoms with van der Waals surface area (Å²) in [7, 11) is 0. The van der Waals surface area contributed by atoms with Gasteiger partial charge < -0.3 is 20.9 Å². The third-order valence-electron chi connectivity index (χ3n) is 8.58. The number of fused-ring (bicyclic) bond motifs is 3. The van der Waals surface area contributed by atoms with Crippen LogP contribution in [0.2, 0.25) is 5.02 Å². The molecule has 3 amide bonds. The Labute approximate surface area is 231 Å². The van der Waals surface area contributed by atoms with E-state index in [0.717, 1.165) is 19.3 Å². The highest BCUT2D eigenvalue weighted by molar-refractivity contribution is 6.30. The molecule has 5 aliphatic rings. The molecule has 39 heavy (non-hydrogen) atoms. The average Bonchev–Trinajstić information content (AvgIpc) is 3.72. The molecule has 5 fully saturated rings. The fourth-order valence-corrected chi connectivity index (χ4v) is 6.63. The van der Waals surface area contributed by atoms with Crippen LogP contribution in [0.5, 0.6) is 0 Å². The van der Waals surface area contributed by atoms with Crippen LogP contribution in [0, 0.1) is 29.1 Å². The Hall–Kier alpha value is -2.93. The molecule has 0 spiro atoms. The average molecular weight is 562 g/mol. The molecule has 6 atom stereocenters. The van der Waals surface area contributed by atoms with E-state index in [9.17, 15) is 19.6 Å². The lowest BCUT2D eigenvalue weighted by Gasteiger charge is -2.54. The third-order valence-corrected chi connectivity index (χ3v) is 8.82. The van der Waals surface area contributed by atoms with Crippen LogP contribution < -0.4 is 16.0 Å². The number of carbonyl (C=O) groups is 3. The van der Waals surface area contributed by atoms with Crippen molar-refractivity contribution >= 4 is 35.0 Å². The zero-order valence-electron chi connectivity index (χ0n) is 21.7. The number of carbonyl (C=O) groups excluding carboxylic acids is 3. The topological polar surface area (TPSA) is 114 Å². The maximum atomic E-state index is 15.1. The van der Waals surface area contributed by atoms with Crippen LogP contribution in [0.3, 0.4) is 0 Å². The van der Waals surface area contributed by atoms with E-state index < -0.39 is 54.3 Å². The van der Waals surface area contributed by atoms with Crippen molar-refractivity contribution in [1.82, 2.24) is 15.5 Å². The lowest BCUT2D eigenvalue weighted by molar-refractivity contribution is -0.194. The Bertz CT molecular complexity index is 1160. The van der Waals surface area contributed by atoms with E-state index >= 15 is 8.78 Å². The number of hydrogen-bond donors (Lipinski definition) is 3. The Balaban J connectivity index is 1.38. The summed E-state index contributed by atoms with van der Waals surface area (Å²) in [4.78, 5) is 41.3. The second kappa shape index (κ2) is 11.3. The highest BCUT2D eigenvalue weighted by atomic mass is 35.5. The van der Waals surface area contributed by atoms with E-state index in [1.54, 1.807) is 24.3 Å². The minimum absolute atomic E-state index is 0.0971. The molecule has 11 heteroatoms. The first-order chi connectivity index (χ1) is 18.7. The monoisotopic (exact) mass is 561 g/mol. The quantitative estimate of drug-likeness (QED) is 0.424. The summed E-state index contributed by atoms with van der Waals surface area (Å²) < 4.78 is 30.3. The van der Waals surface area contributed by atoms with Gasteiger partial charge in [0.15, 0.2) is 0 Å². The van der Waals surface area contributed by atoms with Crippen molar-refractivity contribution in [2.24, 2.45) is 17.8 Å². The molecule has 3 saturated heterocycles. The SMILES string of the molecule is N#C[C@H](C[C@@H]1CCCNC1=O)NC(=O)[C@@H]1[C@H]2CC[C@H](CC2(F)F)N1C(=O)[C@H](CC1CC1)Nc1cccc(Cl)c1. The van der Waals surface area contributed by atoms with E-state index in [-0.39, 0.29) is 24.7 Å². The number of halogens is 3. The zero-order chi connectivity index (χ0) is 27.7. The summed E-state index contributed by atoms with van der Waals surface area (Å²) in [6.45, 7) is 0.571. The summed E-state index contributed by atoms with van der Waals surface area (Å²) in [6, 6.07) is 5.10. The molecular weight excluding hydrogens is 528 g/mol. The number of alkyl halides is 2. The van der Waals surface area contributed by atoms with Crippen LogP contribution in [-0.2, 0) is 14.4 Å². The highest BCUT2D eigenvalue weighted by Gasteiger charge is 2.61. The molecule has 1 aromatic carbocycles. The van der Waals surface area contributed by atoms with Gasteiger partial charge in [-0.15, -0.1) is 0 Å². The molecule has 2 saturated carbocycles. The maximum absolute atomic E-state index is 15.1. The van der Waals surface area contributed by atoms with Gasteiger partial charge in [-0.2, -0.15) is 5.26 Å². The van der Waals surface area contributed by atoms with E-state index in [0.29, 0.717) is 42.4 Å². The van der Waals surface area contributed by atoms with Crippen LogP contribution in [-0.4, -0.2) is 59.3 Å². The van der Waals surface area contributed by atoms with Gasteiger partial charge in [-0.05, 0) is 62.6 Å². The second-order valence-electron chi connectivity index (χ2n) is 11.4. The normalized spacial score (nSPS) is 29.1. The van der Waals surface area contributed by atoms with Crippen molar-refractivity contribution in [2.45, 2.75) is 87.9 Å². The molecule has 0 radical (unpaired) electrons. The molecule has 3 aliphatic heterocycles. The fraction of sp³-hybridized carbons (Fsp3) is 0.643. The molecule has 8 nitrogen and oxygen atoms in total. The van der Waals surface area contributed by atoms with Crippen molar-refractivity contribution in [2.75, 3.05) is 11.9 Å². The van der Waals surface area contributed by atoms with Gasteiger partial charge in [0, 0.05) is 35.6 Å². The van der Waals surface area contributed by atoms with Crippen LogP contribution >= 0.6 is 11.6 Å². The van der Waals surface area contributed by atoms with Crippen molar-refractivity contribution in [3.05, 3.63) is 29.3 Å². The molecule has 2 aliphatic carbocycles. The Morgan fingerprint density at radius 3 is 2.67 bits per heavy atom. The van der Waals surface area contributed by atoms with Crippen molar-refractivity contribution in [1.29, 1.82) is 5.26 Å². The maximum Gasteiger partial charge on any atom is 0.255 e. The van der Waals surface area contributed by atoms with Gasteiger partial charge in [-0.25, -0.2) is 8.78 Å². The second-order valence-corrected chi connectivity index (χ2v) is 11.9. The predicted octanol–water partition coefficient (Wildman–Crippen LogP) is 3.86. The number of anilines is 1. The van der Waals surface area contributed by atoms with Crippen molar-refractivity contribution in [3.63, 3.8) is 0 Å². The summed E-state index contributed by atoms with van der Waals surface area (Å²) in [5.41, 5.74) is 0.644. The van der Waals surface area contributed by atoms with Crippen LogP contribution in [0.1, 0.15) is 57.8 Å². The van der Waals surface area contributed by atoms with Gasteiger partial charge in [0.2, 0.25) is 17.7 Å². The number of amides is 3. The largest absolute Gasteiger partial charge is 0.374 e. The molecule has 3 heterocycles. The Morgan fingerprint density at radius 2 is 2.00 bits per heavy atom. The summed E-state index contributed by atoms with van der Waals surface area (Å²) >= 11 is 6.14. The number of nitrogens with one attached hydrogen (secondary N) is 3. The first kappa shape index (κ1) is 27.6. The van der Waals surface area contributed by atoms with E-state index in [4.69, 9.17) is 11.6 Å². The lowest BCUT2D eigenvalue weighted by atomic mass is 9.71. The number of nitriles is 1. The number of benzene rings is 1. The van der Waals surface area contributed by atoms with Gasteiger partial charge >= 0.3 is 0 Å². The Morgan fingerprint density at radius 1 is 1.21 bits per heavy atom. The standard InChI is InChI=1S/C28H34ClF2N5O3/c29-18-4-1-5-19(13-18)34-23(11-16-6-7-16)27(39)36-21-8-9-22(28(30,31)14-21)24(36)26(38)35-20(15-32)12-17-3-2-10-33-25(17)37/h1,4-5,13,16-17,20-24,34H,2-3,6-12,14H2,(H,33,37)(H,35,38)/t17-,20-,21+,22+,23-,24-/m0/s1. The Kier molecular flexibility index (Phi) is 7.99. The van der Waals surface area contributed by atoms with Gasteiger partial charge in [-0.3, -0.25) is 14.4 Å². The first-order valence-electron chi connectivity index (χ1n) is 13.9. The van der Waals surface area contributed by atoms with E-state index in [1.165, 1.54) is 4.90 Å². The van der Waals surface area contributed by atoms with Crippen molar-refractivity contribution in [3.8, 4) is 6.07 Å². The molecule has 0 unspecified atom stereocenters. The number of piperidine rings is 3. The summed E-state index contributed by atoms with van der Waals surface area (Å²) in [5, 5.41) is 18.9. The fourth-order valence-electron chi connectivity index (χ4n) is 6.44. The molecule has 1 aromatic rings. The smallest absolute Gasteiger partial charge is 0.255 e. The van der Waals surface area contributed by atoms with Gasteiger partial charge in [-0.1, -0.05) is 30.5 Å².